The predicted molar refractivity (Wildman–Crippen MR) is 82.0 cm³/mol. The number of hydrogen-bond donors (Lipinski definition) is 2. The van der Waals surface area contributed by atoms with Crippen molar-refractivity contribution < 1.29 is 38.5 Å². The zero-order valence-corrected chi connectivity index (χ0v) is 14.1. The molecule has 0 saturated carbocycles. The van der Waals surface area contributed by atoms with Crippen LogP contribution in [0.4, 0.5) is 0 Å². The van der Waals surface area contributed by atoms with Crippen molar-refractivity contribution in [1.82, 2.24) is 0 Å². The van der Waals surface area contributed by atoms with Gasteiger partial charge in [-0.15, -0.1) is 0 Å². The summed E-state index contributed by atoms with van der Waals surface area (Å²) in [7, 11) is -15.4. The van der Waals surface area contributed by atoms with Gasteiger partial charge in [-0.1, -0.05) is 30.8 Å². The van der Waals surface area contributed by atoms with Gasteiger partial charge >= 0.3 is 10.1 Å². The van der Waals surface area contributed by atoms with Crippen LogP contribution in [0.1, 0.15) is 0 Å². The lowest BCUT2D eigenvalue weighted by atomic mass is 10.1. The summed E-state index contributed by atoms with van der Waals surface area (Å²) in [6, 6.07) is 5.96. The molecular weight excluding hydrogens is 384 g/mol. The van der Waals surface area contributed by atoms with Gasteiger partial charge in [0, 0.05) is 5.39 Å². The van der Waals surface area contributed by atoms with Crippen LogP contribution < -0.4 is 0 Å². The Bertz CT molecular complexity index is 1140. The van der Waals surface area contributed by atoms with Gasteiger partial charge < -0.3 is 4.18 Å². The molecule has 2 N–H and O–H groups in total. The van der Waals surface area contributed by atoms with E-state index in [1.54, 1.807) is 0 Å². The van der Waals surface area contributed by atoms with Crippen molar-refractivity contribution in [2.75, 3.05) is 0 Å². The van der Waals surface area contributed by atoms with Crippen LogP contribution >= 0.6 is 0 Å². The predicted octanol–water partition coefficient (Wildman–Crippen LogP) is 1.18. The molecule has 0 heterocycles. The quantitative estimate of drug-likeness (QED) is 0.432. The molecule has 0 aliphatic rings. The second-order valence-electron chi connectivity index (χ2n) is 4.42. The molecule has 12 heteroatoms. The van der Waals surface area contributed by atoms with E-state index in [0.717, 1.165) is 6.07 Å². The van der Waals surface area contributed by atoms with Gasteiger partial charge in [-0.2, -0.15) is 25.3 Å². The van der Waals surface area contributed by atoms with Crippen LogP contribution in [0.15, 0.2) is 57.9 Å². The smallest absolute Gasteiger partial charge is 0.340 e. The minimum atomic E-state index is -5.37. The molecule has 0 amide bonds. The summed E-state index contributed by atoms with van der Waals surface area (Å²) in [6.07, 6.45) is 0.484. The van der Waals surface area contributed by atoms with Gasteiger partial charge in [0.05, 0.1) is 6.26 Å². The first kappa shape index (κ1) is 18.4. The topological polar surface area (TPSA) is 152 Å². The molecule has 2 rings (SSSR count). The van der Waals surface area contributed by atoms with E-state index in [2.05, 4.69) is 10.8 Å². The maximum atomic E-state index is 12.2. The van der Waals surface area contributed by atoms with E-state index in [9.17, 15) is 34.4 Å². The minimum absolute atomic E-state index is 0.0243. The van der Waals surface area contributed by atoms with Gasteiger partial charge in [0.1, 0.15) is 14.7 Å². The fourth-order valence-corrected chi connectivity index (χ4v) is 5.75. The monoisotopic (exact) mass is 394 g/mol. The molecule has 130 valence electrons. The van der Waals surface area contributed by atoms with Crippen LogP contribution in [-0.2, 0) is 34.5 Å². The van der Waals surface area contributed by atoms with E-state index in [4.69, 9.17) is 0 Å². The fraction of sp³-hybridized carbons (Fsp3) is 0. The lowest BCUT2D eigenvalue weighted by Gasteiger charge is -2.14. The van der Waals surface area contributed by atoms with Crippen LogP contribution in [0, 0.1) is 0 Å². The van der Waals surface area contributed by atoms with Crippen molar-refractivity contribution in [2.24, 2.45) is 0 Å². The highest BCUT2D eigenvalue weighted by Crippen LogP contribution is 2.36. The fourth-order valence-electron chi connectivity index (χ4n) is 2.09. The number of rotatable bonds is 5. The molecule has 0 unspecified atom stereocenters. The molecule has 0 fully saturated rings. The summed E-state index contributed by atoms with van der Waals surface area (Å²) < 4.78 is 93.7. The molecule has 2 aromatic rings. The van der Waals surface area contributed by atoms with E-state index < -0.39 is 45.0 Å². The lowest BCUT2D eigenvalue weighted by molar-refractivity contribution is 0.437. The van der Waals surface area contributed by atoms with Gasteiger partial charge in [0.15, 0.2) is 0 Å². The van der Waals surface area contributed by atoms with E-state index in [0.29, 0.717) is 6.26 Å². The molecule has 0 radical (unpaired) electrons. The molecule has 24 heavy (non-hydrogen) atoms. The van der Waals surface area contributed by atoms with E-state index in [1.165, 1.54) is 24.3 Å². The number of fused-ring (bicyclic) bond motifs is 1. The van der Waals surface area contributed by atoms with Gasteiger partial charge in [0.25, 0.3) is 20.2 Å². The first-order valence-corrected chi connectivity index (χ1v) is 10.2. The van der Waals surface area contributed by atoms with Crippen molar-refractivity contribution in [3.05, 3.63) is 43.2 Å². The lowest BCUT2D eigenvalue weighted by Crippen LogP contribution is -2.16. The van der Waals surface area contributed by atoms with Crippen LogP contribution in [0.5, 0.6) is 0 Å². The third-order valence-electron chi connectivity index (χ3n) is 2.90. The maximum Gasteiger partial charge on any atom is 0.340 e. The molecular formula is C12H10O9S3. The van der Waals surface area contributed by atoms with Gasteiger partial charge in [-0.3, -0.25) is 9.11 Å². The highest BCUT2D eigenvalue weighted by molar-refractivity contribution is 7.91. The number of benzene rings is 2. The molecule has 9 nitrogen and oxygen atoms in total. The summed E-state index contributed by atoms with van der Waals surface area (Å²) >= 11 is 0. The minimum Gasteiger partial charge on any atom is -0.388 e. The van der Waals surface area contributed by atoms with E-state index >= 15 is 0 Å². The number of hydrogen-bond acceptors (Lipinski definition) is 7. The van der Waals surface area contributed by atoms with Crippen molar-refractivity contribution in [3.63, 3.8) is 0 Å². The molecule has 0 saturated heterocycles. The maximum absolute atomic E-state index is 12.2. The normalized spacial score (nSPS) is 12.9. The highest BCUT2D eigenvalue weighted by atomic mass is 32.2. The standard InChI is InChI=1S/C12H10O9S3/c1-2-21-24(19,20)11-9-6-4-3-5-8(9)7-10(22(13,14)15)12(11)23(16,17)18/h2-7H,1H2,(H,13,14,15)(H,16,17,18). The highest BCUT2D eigenvalue weighted by Gasteiger charge is 2.35. The summed E-state index contributed by atoms with van der Waals surface area (Å²) in [5, 5.41) is -0.261. The zero-order valence-electron chi connectivity index (χ0n) is 11.6. The average Bonchev–Trinajstić information content (AvgIpc) is 2.43. The molecule has 2 aromatic carbocycles. The third kappa shape index (κ3) is 3.27. The Labute approximate surface area is 137 Å². The third-order valence-corrected chi connectivity index (χ3v) is 6.29. The Kier molecular flexibility index (Phi) is 4.45. The molecule has 0 spiro atoms. The van der Waals surface area contributed by atoms with Crippen molar-refractivity contribution in [1.29, 1.82) is 0 Å². The first-order chi connectivity index (χ1) is 10.9. The molecule has 0 bridgehead atoms. The Morgan fingerprint density at radius 1 is 0.917 bits per heavy atom. The van der Waals surface area contributed by atoms with Crippen LogP contribution in [0.25, 0.3) is 10.8 Å². The van der Waals surface area contributed by atoms with Crippen molar-refractivity contribution >= 4 is 41.1 Å². The molecule has 0 atom stereocenters. The second kappa shape index (κ2) is 5.82. The SMILES string of the molecule is C=COS(=O)(=O)c1c(S(=O)(=O)O)c(S(=O)(=O)O)cc2ccccc12. The van der Waals surface area contributed by atoms with E-state index in [1.807, 2.05) is 0 Å². The molecule has 0 aliphatic carbocycles. The van der Waals surface area contributed by atoms with Crippen LogP contribution in [0.2, 0.25) is 0 Å². The van der Waals surface area contributed by atoms with E-state index in [-0.39, 0.29) is 10.8 Å². The zero-order chi connectivity index (χ0) is 18.3. The summed E-state index contributed by atoms with van der Waals surface area (Å²) in [5.74, 6) is 0. The Morgan fingerprint density at radius 3 is 2.00 bits per heavy atom. The van der Waals surface area contributed by atoms with Crippen LogP contribution in [0.3, 0.4) is 0 Å². The van der Waals surface area contributed by atoms with Crippen molar-refractivity contribution in [2.45, 2.75) is 14.7 Å². The van der Waals surface area contributed by atoms with Gasteiger partial charge in [-0.05, 0) is 11.5 Å². The van der Waals surface area contributed by atoms with Crippen LogP contribution in [-0.4, -0.2) is 34.4 Å². The van der Waals surface area contributed by atoms with Crippen molar-refractivity contribution in [3.8, 4) is 0 Å². The Hall–Kier alpha value is -1.99. The summed E-state index contributed by atoms with van der Waals surface area (Å²) in [5.41, 5.74) is 0. The van der Waals surface area contributed by atoms with Gasteiger partial charge in [-0.25, -0.2) is 0 Å². The molecule has 0 aliphatic heterocycles. The summed E-state index contributed by atoms with van der Waals surface area (Å²) in [6.45, 7) is 3.03. The first-order valence-electron chi connectivity index (χ1n) is 5.94. The van der Waals surface area contributed by atoms with Gasteiger partial charge in [0.2, 0.25) is 0 Å². The Balaban J connectivity index is 3.27. The Morgan fingerprint density at radius 2 is 1.50 bits per heavy atom. The second-order valence-corrected chi connectivity index (χ2v) is 8.68. The average molecular weight is 394 g/mol. The summed E-state index contributed by atoms with van der Waals surface area (Å²) in [4.78, 5) is -3.93. The molecule has 0 aromatic heterocycles. The largest absolute Gasteiger partial charge is 0.388 e.